The van der Waals surface area contributed by atoms with Crippen LogP contribution in [0.5, 0.6) is 5.75 Å². The molecule has 10 heteroatoms. The van der Waals surface area contributed by atoms with Crippen molar-refractivity contribution in [2.75, 3.05) is 14.1 Å². The van der Waals surface area contributed by atoms with Crippen LogP contribution < -0.4 is 5.73 Å². The summed E-state index contributed by atoms with van der Waals surface area (Å²) in [6.07, 6.45) is 0.258. The van der Waals surface area contributed by atoms with Gasteiger partial charge in [0.25, 0.3) is 5.91 Å². The van der Waals surface area contributed by atoms with Crippen molar-refractivity contribution in [2.45, 2.75) is 38.3 Å². The van der Waals surface area contributed by atoms with Crippen LogP contribution in [0.1, 0.15) is 30.4 Å². The fraction of sp³-hybridized carbons (Fsp3) is 0.357. The number of ketones is 2. The molecule has 1 aromatic heterocycles. The number of aromatic nitrogens is 1. The zero-order valence-electron chi connectivity index (χ0n) is 21.4. The number of phenolic OH excluding ortho intramolecular Hbond substituents is 1. The first kappa shape index (κ1) is 25.6. The van der Waals surface area contributed by atoms with Gasteiger partial charge < -0.3 is 26.2 Å². The van der Waals surface area contributed by atoms with Crippen molar-refractivity contribution < 1.29 is 36.2 Å². The number of carbonyl (C=O) groups is 3. The summed E-state index contributed by atoms with van der Waals surface area (Å²) in [6.45, 7) is 3.72. The minimum absolute atomic E-state index is 0. The summed E-state index contributed by atoms with van der Waals surface area (Å²) in [5, 5.41) is 44.7. The molecule has 3 aliphatic carbocycles. The van der Waals surface area contributed by atoms with Crippen LogP contribution in [-0.2, 0) is 20.8 Å². The summed E-state index contributed by atoms with van der Waals surface area (Å²) in [7, 11) is 3.13. The van der Waals surface area contributed by atoms with E-state index in [2.05, 4.69) is 4.98 Å². The topological polar surface area (TPSA) is 174 Å². The molecule has 1 aromatic carbocycles. The van der Waals surface area contributed by atoms with E-state index in [1.807, 2.05) is 26.0 Å². The highest BCUT2D eigenvalue weighted by atomic mass is 16.3. The molecule has 10 nitrogen and oxygen atoms in total. The first-order valence-corrected chi connectivity index (χ1v) is 12.2. The Morgan fingerprint density at radius 1 is 1.13 bits per heavy atom. The van der Waals surface area contributed by atoms with E-state index in [4.69, 9.17) is 5.73 Å². The third-order valence-electron chi connectivity index (χ3n) is 8.00. The average molecular weight is 522 g/mol. The maximum Gasteiger partial charge on any atom is 0.255 e. The lowest BCUT2D eigenvalue weighted by atomic mass is 9.57. The van der Waals surface area contributed by atoms with E-state index in [1.54, 1.807) is 20.2 Å². The molecule has 0 saturated heterocycles. The zero-order valence-corrected chi connectivity index (χ0v) is 21.4. The maximum atomic E-state index is 13.9. The zero-order chi connectivity index (χ0) is 27.8. The van der Waals surface area contributed by atoms with E-state index >= 15 is 0 Å². The number of primary amides is 1. The molecular weight excluding hydrogens is 490 g/mol. The highest BCUT2D eigenvalue weighted by Crippen LogP contribution is 2.53. The van der Waals surface area contributed by atoms with Crippen molar-refractivity contribution in [1.82, 2.24) is 9.88 Å². The van der Waals surface area contributed by atoms with Gasteiger partial charge in [0.15, 0.2) is 11.4 Å². The van der Waals surface area contributed by atoms with Crippen molar-refractivity contribution in [3.05, 3.63) is 63.7 Å². The van der Waals surface area contributed by atoms with Crippen molar-refractivity contribution >= 4 is 23.2 Å². The van der Waals surface area contributed by atoms with Crippen molar-refractivity contribution in [2.24, 2.45) is 17.6 Å². The number of carbonyl (C=O) groups excluding carboxylic acids is 3. The van der Waals surface area contributed by atoms with Crippen molar-refractivity contribution in [3.8, 4) is 16.9 Å². The smallest absolute Gasteiger partial charge is 0.255 e. The standard InChI is InChI=1S/C28H29N3O7.H2/c1-11-7-13(8-12(2)30-11)15-5-6-18(32)20-16(15)9-14-10-17-22(31(3)4)24(34)21(27(29)37)26(36)28(17,38)25(35)19(14)23(20)33;/h5-8,14,17,22,32-33,36,38H,9-10H2,1-4H3,(H2,29,37);1H/t14-,17-,22-,28-;/m0./s1. The predicted molar refractivity (Wildman–Crippen MR) is 139 cm³/mol. The van der Waals surface area contributed by atoms with E-state index in [-0.39, 0.29) is 31.2 Å². The number of hydrogen-bond acceptors (Lipinski definition) is 9. The molecule has 2 aromatic rings. The van der Waals surface area contributed by atoms with Gasteiger partial charge in [0, 0.05) is 24.3 Å². The van der Waals surface area contributed by atoms with Crippen LogP contribution in [0.4, 0.5) is 0 Å². The summed E-state index contributed by atoms with van der Waals surface area (Å²) >= 11 is 0. The predicted octanol–water partition coefficient (Wildman–Crippen LogP) is 1.89. The molecule has 6 N–H and O–H groups in total. The molecule has 0 bridgehead atoms. The van der Waals surface area contributed by atoms with E-state index in [9.17, 15) is 34.8 Å². The molecule has 4 atom stereocenters. The number of amides is 1. The monoisotopic (exact) mass is 521 g/mol. The SMILES string of the molecule is Cc1cc(-c2ccc(O)c3c2C[C@H]2C[C@H]4[C@H](N(C)C)C(=O)C(C(N)=O)=C(O)[C@@]4(O)C(=O)C2=C3O)cc(C)n1.[HH]. The van der Waals surface area contributed by atoms with Crippen molar-refractivity contribution in [3.63, 3.8) is 0 Å². The van der Waals surface area contributed by atoms with E-state index in [0.29, 0.717) is 5.56 Å². The number of nitrogens with two attached hydrogens (primary N) is 1. The Hall–Kier alpha value is -4.02. The fourth-order valence-corrected chi connectivity index (χ4v) is 6.50. The first-order chi connectivity index (χ1) is 17.8. The largest absolute Gasteiger partial charge is 0.508 e. The molecule has 200 valence electrons. The Morgan fingerprint density at radius 2 is 1.76 bits per heavy atom. The number of likely N-dealkylation sites (N-methyl/N-ethyl adjacent to an activating group) is 1. The number of pyridine rings is 1. The Balaban J connectivity index is 0.00000353. The number of aliphatic hydroxyl groups excluding tert-OH is 2. The summed E-state index contributed by atoms with van der Waals surface area (Å²) in [6, 6.07) is 5.81. The highest BCUT2D eigenvalue weighted by Gasteiger charge is 2.64. The summed E-state index contributed by atoms with van der Waals surface area (Å²) in [5.74, 6) is -6.69. The van der Waals surface area contributed by atoms with Crippen LogP contribution in [0.15, 0.2) is 41.2 Å². The number of phenols is 1. The minimum Gasteiger partial charge on any atom is -0.508 e. The normalized spacial score (nSPS) is 26.8. The molecular formula is C28H31N3O7. The Bertz CT molecular complexity index is 1490. The van der Waals surface area contributed by atoms with Crippen LogP contribution in [0, 0.1) is 25.7 Å². The van der Waals surface area contributed by atoms with Gasteiger partial charge in [0.2, 0.25) is 5.78 Å². The number of aromatic hydroxyl groups is 1. The number of aryl methyl sites for hydroxylation is 2. The molecule has 0 unspecified atom stereocenters. The van der Waals surface area contributed by atoms with Gasteiger partial charge in [-0.2, -0.15) is 0 Å². The number of benzene rings is 1. The van der Waals surface area contributed by atoms with Gasteiger partial charge in [-0.3, -0.25) is 24.3 Å². The lowest BCUT2D eigenvalue weighted by molar-refractivity contribution is -0.153. The second-order valence-electron chi connectivity index (χ2n) is 10.6. The molecule has 0 aliphatic heterocycles. The molecule has 1 fully saturated rings. The fourth-order valence-electron chi connectivity index (χ4n) is 6.50. The number of Topliss-reactive ketones (excluding diaryl/α,β-unsaturated/α-hetero) is 2. The summed E-state index contributed by atoms with van der Waals surface area (Å²) in [5.41, 5.74) is 5.51. The molecule has 38 heavy (non-hydrogen) atoms. The van der Waals surface area contributed by atoms with Crippen LogP contribution in [0.3, 0.4) is 0 Å². The second-order valence-corrected chi connectivity index (χ2v) is 10.6. The average Bonchev–Trinajstić information content (AvgIpc) is 2.80. The summed E-state index contributed by atoms with van der Waals surface area (Å²) in [4.78, 5) is 45.1. The third-order valence-corrected chi connectivity index (χ3v) is 8.00. The van der Waals surface area contributed by atoms with Gasteiger partial charge in [-0.05, 0) is 81.6 Å². The van der Waals surface area contributed by atoms with Gasteiger partial charge in [0.1, 0.15) is 22.8 Å². The van der Waals surface area contributed by atoms with Crippen LogP contribution >= 0.6 is 0 Å². The highest BCUT2D eigenvalue weighted by molar-refractivity contribution is 6.24. The maximum absolute atomic E-state index is 13.9. The molecule has 0 radical (unpaired) electrons. The number of hydrogen-bond donors (Lipinski definition) is 5. The van der Waals surface area contributed by atoms with E-state index in [1.165, 1.54) is 11.0 Å². The Kier molecular flexibility index (Phi) is 5.73. The Morgan fingerprint density at radius 3 is 2.34 bits per heavy atom. The third kappa shape index (κ3) is 3.40. The lowest BCUT2D eigenvalue weighted by Crippen LogP contribution is -2.65. The van der Waals surface area contributed by atoms with Gasteiger partial charge in [-0.1, -0.05) is 6.07 Å². The molecule has 0 spiro atoms. The number of nitrogens with zero attached hydrogens (tertiary/aromatic N) is 2. The molecule has 1 heterocycles. The van der Waals surface area contributed by atoms with Crippen molar-refractivity contribution in [1.29, 1.82) is 0 Å². The minimum atomic E-state index is -2.66. The summed E-state index contributed by atoms with van der Waals surface area (Å²) < 4.78 is 0. The van der Waals surface area contributed by atoms with Crippen LogP contribution in [0.2, 0.25) is 0 Å². The van der Waals surface area contributed by atoms with Crippen LogP contribution in [0.25, 0.3) is 16.9 Å². The van der Waals surface area contributed by atoms with E-state index < -0.39 is 58.0 Å². The molecule has 5 rings (SSSR count). The number of rotatable bonds is 3. The molecule has 1 amide bonds. The van der Waals surface area contributed by atoms with Gasteiger partial charge in [0.05, 0.1) is 11.6 Å². The van der Waals surface area contributed by atoms with Gasteiger partial charge in [-0.15, -0.1) is 0 Å². The quantitative estimate of drug-likeness (QED) is 0.378. The Labute approximate surface area is 220 Å². The lowest BCUT2D eigenvalue weighted by Gasteiger charge is -2.50. The van der Waals surface area contributed by atoms with E-state index in [0.717, 1.165) is 22.5 Å². The van der Waals surface area contributed by atoms with Gasteiger partial charge >= 0.3 is 0 Å². The van der Waals surface area contributed by atoms with Gasteiger partial charge in [-0.25, -0.2) is 0 Å². The number of aliphatic hydroxyl groups is 3. The second kappa shape index (κ2) is 8.50. The molecule has 1 saturated carbocycles. The van der Waals surface area contributed by atoms with Crippen LogP contribution in [-0.4, -0.2) is 73.5 Å². The molecule has 3 aliphatic rings. The number of fused-ring (bicyclic) bond motifs is 3. The first-order valence-electron chi connectivity index (χ1n) is 12.2.